The molecule has 4 N–H and O–H groups in total. The Kier molecular flexibility index (Phi) is 16.2. The summed E-state index contributed by atoms with van der Waals surface area (Å²) in [6, 6.07) is 22.6. The number of aromatic nitrogens is 1. The summed E-state index contributed by atoms with van der Waals surface area (Å²) in [7, 11) is 0. The Balaban J connectivity index is 0.000000211. The highest BCUT2D eigenvalue weighted by Crippen LogP contribution is 2.33. The first-order valence-corrected chi connectivity index (χ1v) is 22.4. The van der Waals surface area contributed by atoms with Gasteiger partial charge >= 0.3 is 5.76 Å². The Labute approximate surface area is 368 Å². The summed E-state index contributed by atoms with van der Waals surface area (Å²) in [4.78, 5) is 18.5. The number of thiocarbonyl (C=S) groups is 1. The van der Waals surface area contributed by atoms with Gasteiger partial charge in [-0.05, 0) is 127 Å². The zero-order chi connectivity index (χ0) is 42.6. The lowest BCUT2D eigenvalue weighted by Gasteiger charge is -2.26. The number of benzene rings is 4. The molecule has 2 saturated heterocycles. The highest BCUT2D eigenvalue weighted by atomic mass is 127. The van der Waals surface area contributed by atoms with E-state index >= 15 is 0 Å². The van der Waals surface area contributed by atoms with Crippen LogP contribution in [0.5, 0.6) is 17.2 Å². The van der Waals surface area contributed by atoms with Crippen LogP contribution in [0.3, 0.4) is 0 Å². The molecule has 0 saturated carbocycles. The molecular formula is C46H57IN4O5S2. The minimum atomic E-state index is -0.553. The van der Waals surface area contributed by atoms with Gasteiger partial charge in [-0.1, -0.05) is 112 Å². The molecule has 2 fully saturated rings. The van der Waals surface area contributed by atoms with Gasteiger partial charge < -0.3 is 25.1 Å². The zero-order valence-corrected chi connectivity index (χ0v) is 37.8. The van der Waals surface area contributed by atoms with E-state index in [1.165, 1.54) is 79.4 Å². The van der Waals surface area contributed by atoms with E-state index in [4.69, 9.17) is 30.2 Å². The van der Waals surface area contributed by atoms with Crippen LogP contribution in [0.25, 0.3) is 16.7 Å². The van der Waals surface area contributed by atoms with Gasteiger partial charge in [0.05, 0.1) is 16.6 Å². The van der Waals surface area contributed by atoms with Gasteiger partial charge in [0.2, 0.25) is 0 Å². The fourth-order valence-corrected chi connectivity index (χ4v) is 8.12. The Morgan fingerprint density at radius 2 is 1.24 bits per heavy atom. The maximum absolute atomic E-state index is 12.6. The van der Waals surface area contributed by atoms with Crippen LogP contribution in [0, 0.1) is 4.64 Å². The van der Waals surface area contributed by atoms with Crippen LogP contribution in [-0.2, 0) is 13.1 Å². The van der Waals surface area contributed by atoms with Crippen LogP contribution in [0.15, 0.2) is 82.0 Å². The van der Waals surface area contributed by atoms with E-state index in [1.807, 2.05) is 92.8 Å². The number of phenols is 3. The van der Waals surface area contributed by atoms with Crippen molar-refractivity contribution >= 4 is 68.7 Å². The molecule has 1 aromatic heterocycles. The number of piperidine rings is 2. The van der Waals surface area contributed by atoms with Crippen molar-refractivity contribution in [2.75, 3.05) is 36.4 Å². The lowest BCUT2D eigenvalue weighted by atomic mass is 9.99. The molecular weight excluding hydrogens is 880 g/mol. The van der Waals surface area contributed by atoms with E-state index in [0.717, 1.165) is 43.0 Å². The van der Waals surface area contributed by atoms with Gasteiger partial charge in [-0.3, -0.25) is 9.80 Å². The van der Waals surface area contributed by atoms with E-state index in [1.54, 1.807) is 6.07 Å². The highest BCUT2D eigenvalue weighted by Gasteiger charge is 2.17. The molecule has 0 amide bonds. The number of alkyl halides is 1. The Hall–Kier alpha value is -3.82. The number of nitrogens with zero attached hydrogens (tertiary/aromatic N) is 3. The number of rotatable bonds is 9. The van der Waals surface area contributed by atoms with Crippen LogP contribution < -0.4 is 11.1 Å². The van der Waals surface area contributed by atoms with Gasteiger partial charge in [-0.2, -0.15) is 0 Å². The van der Waals surface area contributed by atoms with Gasteiger partial charge in [0, 0.05) is 32.3 Å². The largest absolute Gasteiger partial charge is 0.508 e. The second kappa shape index (κ2) is 21.4. The number of hydrogen-bond acceptors (Lipinski definition) is 9. The van der Waals surface area contributed by atoms with E-state index in [-0.39, 0.29) is 29.1 Å². The first-order chi connectivity index (χ1) is 28.3. The average molecular weight is 938 g/mol. The number of anilines is 1. The maximum atomic E-state index is 12.6. The molecule has 7 rings (SSSR count). The summed E-state index contributed by atoms with van der Waals surface area (Å²) in [5, 5.41) is 34.2. The first-order valence-electron chi connectivity index (χ1n) is 20.8. The summed E-state index contributed by atoms with van der Waals surface area (Å²) in [6.07, 6.45) is 7.78. The Morgan fingerprint density at radius 1 is 0.759 bits per heavy atom. The molecule has 12 heteroatoms. The Morgan fingerprint density at radius 3 is 1.76 bits per heavy atom. The van der Waals surface area contributed by atoms with Crippen LogP contribution in [0.2, 0.25) is 0 Å². The van der Waals surface area contributed by atoms with Crippen LogP contribution in [0.1, 0.15) is 107 Å². The fourth-order valence-electron chi connectivity index (χ4n) is 7.50. The average Bonchev–Trinajstić information content (AvgIpc) is 3.20. The predicted octanol–water partition coefficient (Wildman–Crippen LogP) is 11.2. The molecule has 0 atom stereocenters. The summed E-state index contributed by atoms with van der Waals surface area (Å²) < 4.78 is 13.5. The molecule has 5 aromatic rings. The zero-order valence-electron chi connectivity index (χ0n) is 35.0. The van der Waals surface area contributed by atoms with Crippen molar-refractivity contribution in [3.63, 3.8) is 0 Å². The van der Waals surface area contributed by atoms with Crippen LogP contribution in [0.4, 0.5) is 5.69 Å². The van der Waals surface area contributed by atoms with E-state index in [2.05, 4.69) is 27.2 Å². The molecule has 0 radical (unpaired) electrons. The quantitative estimate of drug-likeness (QED) is 0.0647. The molecule has 310 valence electrons. The van der Waals surface area contributed by atoms with Crippen molar-refractivity contribution in [2.45, 2.75) is 91.1 Å². The number of halogens is 1. The Bertz CT molecular complexity index is 2290. The first kappa shape index (κ1) is 43.8. The van der Waals surface area contributed by atoms with Crippen molar-refractivity contribution in [1.29, 1.82) is 0 Å². The smallest absolute Gasteiger partial charge is 0.425 e. The molecule has 0 aliphatic carbocycles. The number of hydrogen-bond donors (Lipinski definition) is 4. The van der Waals surface area contributed by atoms with E-state index in [0.29, 0.717) is 36.8 Å². The lowest BCUT2D eigenvalue weighted by Crippen LogP contribution is -2.29. The third kappa shape index (κ3) is 11.7. The van der Waals surface area contributed by atoms with Gasteiger partial charge in [-0.25, -0.2) is 9.36 Å². The lowest BCUT2D eigenvalue weighted by molar-refractivity contribution is 0.221. The number of aromatic hydroxyl groups is 3. The second-order valence-electron chi connectivity index (χ2n) is 15.6. The minimum absolute atomic E-state index is 0.0175. The molecule has 9 nitrogen and oxygen atoms in total. The monoisotopic (exact) mass is 937 g/mol. The summed E-state index contributed by atoms with van der Waals surface area (Å²) in [5.74, 6) is -0.0930. The minimum Gasteiger partial charge on any atom is -0.508 e. The molecule has 0 bridgehead atoms. The SMILES string of the molecule is CC(C)c1cc(C(=S)Nc2ccc(CN3CCCCC3)cc2)c(O)cc1O.CC(C)c1cc2c(=S)n(-c3ccc(CN4CCCCC4)cc3)c(=O)oc2cc1O.[2H]CI. The number of fused-ring (bicyclic) bond motifs is 1. The van der Waals surface area contributed by atoms with Crippen molar-refractivity contribution in [3.8, 4) is 22.9 Å². The molecule has 2 aliphatic rings. The van der Waals surface area contributed by atoms with Gasteiger partial charge in [0.1, 0.15) is 32.5 Å². The molecule has 2 aliphatic heterocycles. The van der Waals surface area contributed by atoms with Gasteiger partial charge in [0.25, 0.3) is 0 Å². The predicted molar refractivity (Wildman–Crippen MR) is 252 cm³/mol. The molecule has 0 unspecified atom stereocenters. The van der Waals surface area contributed by atoms with Crippen molar-refractivity contribution in [2.24, 2.45) is 0 Å². The molecule has 3 heterocycles. The van der Waals surface area contributed by atoms with Crippen molar-refractivity contribution < 1.29 is 21.1 Å². The normalized spacial score (nSPS) is 15.0. The fraction of sp³-hybridized carbons (Fsp3) is 0.413. The van der Waals surface area contributed by atoms with Gasteiger partial charge in [0.15, 0.2) is 0 Å². The van der Waals surface area contributed by atoms with Gasteiger partial charge in [-0.15, -0.1) is 0 Å². The highest BCUT2D eigenvalue weighted by molar-refractivity contribution is 14.1. The van der Waals surface area contributed by atoms with E-state index < -0.39 is 5.76 Å². The molecule has 58 heavy (non-hydrogen) atoms. The summed E-state index contributed by atoms with van der Waals surface area (Å²) >= 11 is 13.1. The van der Waals surface area contributed by atoms with Crippen LogP contribution in [-0.4, -0.2) is 65.8 Å². The second-order valence-corrected chi connectivity index (χ2v) is 16.4. The third-order valence-corrected chi connectivity index (χ3v) is 11.4. The molecule has 0 spiro atoms. The molecule has 4 aromatic carbocycles. The number of nitrogens with one attached hydrogen (secondary N) is 1. The van der Waals surface area contributed by atoms with E-state index in [9.17, 15) is 20.1 Å². The topological polar surface area (TPSA) is 114 Å². The van der Waals surface area contributed by atoms with Crippen molar-refractivity contribution in [1.82, 2.24) is 14.4 Å². The standard InChI is InChI=1S/C23H26N2O3S.C22H28N2O2S.CH3I/c1-15(2)18-12-19-21(13-20(18)26)28-23(27)25(22(19)29)17-8-6-16(7-9-17)14-24-10-4-3-5-11-24;1-15(2)18-12-19(21(26)13-20(18)25)22(27)23-17-8-6-16(7-9-17)14-24-10-4-3-5-11-24;1-2/h6-9,12-13,15,26H,3-5,10-11,14H2,1-2H3;6-9,12-13,15,25-26H,3-5,10-11,14H2,1-2H3,(H,23,27);1H3/i;;1D. The maximum Gasteiger partial charge on any atom is 0.425 e. The summed E-state index contributed by atoms with van der Waals surface area (Å²) in [6.45, 7) is 14.6. The number of phenolic OH excluding ortho intramolecular Hbond substituents is 3. The van der Waals surface area contributed by atoms with Crippen LogP contribution >= 0.6 is 47.0 Å². The summed E-state index contributed by atoms with van der Waals surface area (Å²) in [5.41, 5.74) is 6.48. The van der Waals surface area contributed by atoms with Crippen molar-refractivity contribution in [3.05, 3.63) is 116 Å². The number of likely N-dealkylation sites (tertiary alicyclic amines) is 2. The third-order valence-electron chi connectivity index (χ3n) is 10.7.